The zero-order valence-electron chi connectivity index (χ0n) is 10.00. The Labute approximate surface area is 105 Å². The van der Waals surface area contributed by atoms with E-state index in [1.165, 1.54) is 6.92 Å². The van der Waals surface area contributed by atoms with Gasteiger partial charge in [-0.25, -0.2) is 0 Å². The highest BCUT2D eigenvalue weighted by molar-refractivity contribution is 6.20. The Morgan fingerprint density at radius 2 is 2.06 bits per heavy atom. The van der Waals surface area contributed by atoms with Crippen molar-refractivity contribution < 1.29 is 14.3 Å². The fourth-order valence-corrected chi connectivity index (χ4v) is 2.45. The lowest BCUT2D eigenvalue weighted by molar-refractivity contribution is -0.133. The highest BCUT2D eigenvalue weighted by Crippen LogP contribution is 2.36. The minimum Gasteiger partial charge on any atom is -0.351 e. The van der Waals surface area contributed by atoms with Gasteiger partial charge >= 0.3 is 0 Å². The van der Waals surface area contributed by atoms with E-state index in [9.17, 15) is 9.59 Å². The van der Waals surface area contributed by atoms with Crippen LogP contribution in [0.3, 0.4) is 0 Å². The van der Waals surface area contributed by atoms with E-state index in [0.29, 0.717) is 6.61 Å². The van der Waals surface area contributed by atoms with Crippen LogP contribution in [0.2, 0.25) is 0 Å². The summed E-state index contributed by atoms with van der Waals surface area (Å²) in [6, 6.07) is 9.47. The van der Waals surface area contributed by atoms with Crippen molar-refractivity contribution in [3.63, 3.8) is 0 Å². The van der Waals surface area contributed by atoms with E-state index in [-0.39, 0.29) is 29.5 Å². The minimum absolute atomic E-state index is 0.110. The molecule has 1 aromatic rings. The van der Waals surface area contributed by atoms with Gasteiger partial charge in [0.15, 0.2) is 12.0 Å². The third-order valence-electron chi connectivity index (χ3n) is 3.32. The maximum atomic E-state index is 12.2. The van der Waals surface area contributed by atoms with Gasteiger partial charge in [0.1, 0.15) is 0 Å². The molecular formula is C14H13NO3. The van der Waals surface area contributed by atoms with Crippen molar-refractivity contribution in [2.24, 2.45) is 0 Å². The van der Waals surface area contributed by atoms with E-state index >= 15 is 0 Å². The Balaban J connectivity index is 1.92. The molecule has 0 aliphatic carbocycles. The van der Waals surface area contributed by atoms with Gasteiger partial charge in [-0.3, -0.25) is 14.5 Å². The highest BCUT2D eigenvalue weighted by Gasteiger charge is 2.44. The number of nitrogens with zero attached hydrogens (tertiary/aromatic N) is 1. The molecule has 0 N–H and O–H groups in total. The van der Waals surface area contributed by atoms with Gasteiger partial charge in [0.25, 0.3) is 5.91 Å². The summed E-state index contributed by atoms with van der Waals surface area (Å²) in [6.45, 7) is 1.87. The Morgan fingerprint density at radius 1 is 1.33 bits per heavy atom. The molecule has 1 aromatic carbocycles. The zero-order chi connectivity index (χ0) is 12.7. The lowest BCUT2D eigenvalue weighted by Gasteiger charge is -2.22. The molecular weight excluding hydrogens is 230 g/mol. The molecule has 0 radical (unpaired) electrons. The average molecular weight is 243 g/mol. The molecule has 0 bridgehead atoms. The average Bonchev–Trinajstić information content (AvgIpc) is 2.91. The Kier molecular flexibility index (Phi) is 2.52. The van der Waals surface area contributed by atoms with Gasteiger partial charge in [-0.15, -0.1) is 0 Å². The summed E-state index contributed by atoms with van der Waals surface area (Å²) in [4.78, 5) is 25.2. The number of rotatable bonds is 2. The number of Topliss-reactive ketones (excluding diaryl/α,β-unsaturated/α-hetero) is 1. The maximum Gasteiger partial charge on any atom is 0.260 e. The number of hydrogen-bond acceptors (Lipinski definition) is 3. The normalized spacial score (nSPS) is 26.2. The standard InChI is InChI=1S/C14H13NO3/c1-9(16)12-7-11-8-18-14(15(11)13(12)17)10-5-3-2-4-6-10/h2-7,11,14H,8H2,1H3. The minimum atomic E-state index is -0.378. The predicted octanol–water partition coefficient (Wildman–Crippen LogP) is 1.44. The van der Waals surface area contributed by atoms with Crippen LogP contribution < -0.4 is 0 Å². The summed E-state index contributed by atoms with van der Waals surface area (Å²) in [5, 5.41) is 0. The van der Waals surface area contributed by atoms with Crippen LogP contribution in [-0.4, -0.2) is 29.2 Å². The number of amides is 1. The van der Waals surface area contributed by atoms with Crippen LogP contribution in [0.1, 0.15) is 18.7 Å². The van der Waals surface area contributed by atoms with Crippen LogP contribution in [0.25, 0.3) is 0 Å². The molecule has 4 nitrogen and oxygen atoms in total. The van der Waals surface area contributed by atoms with Crippen molar-refractivity contribution >= 4 is 11.7 Å². The monoisotopic (exact) mass is 243 g/mol. The van der Waals surface area contributed by atoms with Gasteiger partial charge in [-0.1, -0.05) is 30.3 Å². The molecule has 4 heteroatoms. The van der Waals surface area contributed by atoms with Crippen LogP contribution in [0, 0.1) is 0 Å². The fraction of sp³-hybridized carbons (Fsp3) is 0.286. The van der Waals surface area contributed by atoms with Gasteiger partial charge in [-0.2, -0.15) is 0 Å². The highest BCUT2D eigenvalue weighted by atomic mass is 16.5. The van der Waals surface area contributed by atoms with Crippen molar-refractivity contribution in [3.05, 3.63) is 47.5 Å². The summed E-state index contributed by atoms with van der Waals surface area (Å²) < 4.78 is 5.65. The number of benzene rings is 1. The Bertz CT molecular complexity index is 535. The lowest BCUT2D eigenvalue weighted by Crippen LogP contribution is -2.33. The maximum absolute atomic E-state index is 12.2. The SMILES string of the molecule is CC(=O)C1=CC2COC(c3ccccc3)N2C1=O. The van der Waals surface area contributed by atoms with E-state index in [1.54, 1.807) is 11.0 Å². The van der Waals surface area contributed by atoms with Gasteiger partial charge < -0.3 is 4.74 Å². The third-order valence-corrected chi connectivity index (χ3v) is 3.32. The molecule has 2 aliphatic rings. The zero-order valence-corrected chi connectivity index (χ0v) is 10.00. The molecule has 2 aliphatic heterocycles. The molecule has 0 spiro atoms. The van der Waals surface area contributed by atoms with Gasteiger partial charge in [-0.05, 0) is 13.0 Å². The smallest absolute Gasteiger partial charge is 0.260 e. The topological polar surface area (TPSA) is 46.6 Å². The van der Waals surface area contributed by atoms with Gasteiger partial charge in [0.05, 0.1) is 18.2 Å². The molecule has 18 heavy (non-hydrogen) atoms. The number of ketones is 1. The summed E-state index contributed by atoms with van der Waals surface area (Å²) in [7, 11) is 0. The molecule has 0 aromatic heterocycles. The summed E-state index contributed by atoms with van der Waals surface area (Å²) >= 11 is 0. The van der Waals surface area contributed by atoms with Crippen molar-refractivity contribution in [1.29, 1.82) is 0 Å². The second-order valence-corrected chi connectivity index (χ2v) is 4.51. The first-order valence-corrected chi connectivity index (χ1v) is 5.90. The van der Waals surface area contributed by atoms with Gasteiger partial charge in [0, 0.05) is 5.56 Å². The molecule has 1 saturated heterocycles. The first kappa shape index (κ1) is 11.2. The number of carbonyl (C=O) groups is 2. The van der Waals surface area contributed by atoms with Crippen LogP contribution in [0.4, 0.5) is 0 Å². The molecule has 1 amide bonds. The lowest BCUT2D eigenvalue weighted by atomic mass is 10.1. The summed E-state index contributed by atoms with van der Waals surface area (Å²) in [6.07, 6.45) is 1.34. The second-order valence-electron chi connectivity index (χ2n) is 4.51. The Hall–Kier alpha value is -1.94. The molecule has 2 heterocycles. The van der Waals surface area contributed by atoms with Crippen LogP contribution in [0.15, 0.2) is 42.0 Å². The van der Waals surface area contributed by atoms with E-state index in [1.807, 2.05) is 30.3 Å². The molecule has 3 rings (SSSR count). The number of fused-ring (bicyclic) bond motifs is 1. The van der Waals surface area contributed by atoms with Crippen LogP contribution >= 0.6 is 0 Å². The third kappa shape index (κ3) is 1.57. The van der Waals surface area contributed by atoms with Crippen molar-refractivity contribution in [2.45, 2.75) is 19.2 Å². The molecule has 92 valence electrons. The predicted molar refractivity (Wildman–Crippen MR) is 64.5 cm³/mol. The summed E-state index contributed by atoms with van der Waals surface area (Å²) in [5.74, 6) is -0.403. The van der Waals surface area contributed by atoms with E-state index in [2.05, 4.69) is 0 Å². The van der Waals surface area contributed by atoms with Gasteiger partial charge in [0.2, 0.25) is 0 Å². The number of ether oxygens (including phenoxy) is 1. The van der Waals surface area contributed by atoms with E-state index < -0.39 is 0 Å². The Morgan fingerprint density at radius 3 is 2.72 bits per heavy atom. The molecule has 2 unspecified atom stereocenters. The van der Waals surface area contributed by atoms with Crippen LogP contribution in [-0.2, 0) is 14.3 Å². The van der Waals surface area contributed by atoms with Crippen molar-refractivity contribution in [3.8, 4) is 0 Å². The quantitative estimate of drug-likeness (QED) is 0.738. The second kappa shape index (κ2) is 4.07. The first-order chi connectivity index (χ1) is 8.68. The number of carbonyl (C=O) groups excluding carboxylic acids is 2. The number of hydrogen-bond donors (Lipinski definition) is 0. The van der Waals surface area contributed by atoms with Crippen LogP contribution in [0.5, 0.6) is 0 Å². The first-order valence-electron chi connectivity index (χ1n) is 5.90. The molecule has 0 saturated carbocycles. The fourth-order valence-electron chi connectivity index (χ4n) is 2.45. The van der Waals surface area contributed by atoms with Crippen molar-refractivity contribution in [2.75, 3.05) is 6.61 Å². The summed E-state index contributed by atoms with van der Waals surface area (Å²) in [5.41, 5.74) is 1.22. The van der Waals surface area contributed by atoms with E-state index in [4.69, 9.17) is 4.74 Å². The molecule has 1 fully saturated rings. The largest absolute Gasteiger partial charge is 0.351 e. The molecule has 2 atom stereocenters. The van der Waals surface area contributed by atoms with E-state index in [0.717, 1.165) is 5.56 Å². The van der Waals surface area contributed by atoms with Crippen molar-refractivity contribution in [1.82, 2.24) is 4.90 Å².